The second kappa shape index (κ2) is 12.9. The van der Waals surface area contributed by atoms with Crippen molar-refractivity contribution in [2.75, 3.05) is 21.1 Å². The molecular formula is C25H39N3. The minimum atomic E-state index is 0.565. The van der Waals surface area contributed by atoms with Gasteiger partial charge in [0, 0.05) is 44.3 Å². The van der Waals surface area contributed by atoms with Gasteiger partial charge in [-0.05, 0) is 56.7 Å². The third-order valence-corrected chi connectivity index (χ3v) is 4.84. The lowest BCUT2D eigenvalue weighted by atomic mass is 9.95. The first-order valence-electron chi connectivity index (χ1n) is 10.3. The molecule has 0 saturated heterocycles. The normalized spacial score (nSPS) is 16.9. The van der Waals surface area contributed by atoms with E-state index in [9.17, 15) is 0 Å². The Kier molecular flexibility index (Phi) is 10.9. The van der Waals surface area contributed by atoms with E-state index in [1.54, 1.807) is 0 Å². The van der Waals surface area contributed by atoms with Crippen molar-refractivity contribution in [3.63, 3.8) is 0 Å². The molecule has 0 aliphatic heterocycles. The van der Waals surface area contributed by atoms with Crippen molar-refractivity contribution in [2.24, 2.45) is 0 Å². The van der Waals surface area contributed by atoms with E-state index in [0.29, 0.717) is 6.04 Å². The van der Waals surface area contributed by atoms with Crippen LogP contribution in [0, 0.1) is 0 Å². The molecule has 1 N–H and O–H groups in total. The molecule has 1 aliphatic rings. The molecule has 0 aromatic heterocycles. The lowest BCUT2D eigenvalue weighted by Crippen LogP contribution is -2.29. The van der Waals surface area contributed by atoms with E-state index in [-0.39, 0.29) is 0 Å². The quantitative estimate of drug-likeness (QED) is 0.475. The Hall–Kier alpha value is -2.42. The number of hydrogen-bond acceptors (Lipinski definition) is 3. The number of nitrogens with zero attached hydrogens (tertiary/aromatic N) is 2. The molecule has 3 heteroatoms. The van der Waals surface area contributed by atoms with E-state index in [1.165, 1.54) is 32.1 Å². The van der Waals surface area contributed by atoms with Crippen LogP contribution in [0.1, 0.15) is 46.0 Å². The highest BCUT2D eigenvalue weighted by molar-refractivity contribution is 5.43. The average Bonchev–Trinajstić information content (AvgIpc) is 2.67. The fourth-order valence-corrected chi connectivity index (χ4v) is 3.30. The highest BCUT2D eigenvalue weighted by Gasteiger charge is 2.13. The van der Waals surface area contributed by atoms with Gasteiger partial charge in [-0.1, -0.05) is 56.7 Å². The molecule has 154 valence electrons. The summed E-state index contributed by atoms with van der Waals surface area (Å²) in [6, 6.07) is 0.565. The molecule has 0 atom stereocenters. The van der Waals surface area contributed by atoms with Crippen LogP contribution in [0.3, 0.4) is 0 Å². The molecular weight excluding hydrogens is 342 g/mol. The molecule has 1 aliphatic carbocycles. The summed E-state index contributed by atoms with van der Waals surface area (Å²) in [5.74, 6) is 0. The Morgan fingerprint density at radius 1 is 0.964 bits per heavy atom. The summed E-state index contributed by atoms with van der Waals surface area (Å²) in [7, 11) is 6.08. The van der Waals surface area contributed by atoms with Gasteiger partial charge < -0.3 is 15.1 Å². The third kappa shape index (κ3) is 8.51. The Balaban J connectivity index is 2.79. The van der Waals surface area contributed by atoms with E-state index in [4.69, 9.17) is 0 Å². The summed E-state index contributed by atoms with van der Waals surface area (Å²) in [5.41, 5.74) is 4.13. The molecule has 0 radical (unpaired) electrons. The maximum Gasteiger partial charge on any atom is 0.0438 e. The minimum Gasteiger partial charge on any atom is -0.383 e. The van der Waals surface area contributed by atoms with Crippen molar-refractivity contribution in [2.45, 2.75) is 52.0 Å². The monoisotopic (exact) mass is 381 g/mol. The van der Waals surface area contributed by atoms with Crippen molar-refractivity contribution in [1.82, 2.24) is 15.1 Å². The first-order valence-corrected chi connectivity index (χ1v) is 10.3. The molecule has 3 nitrogen and oxygen atoms in total. The zero-order valence-corrected chi connectivity index (χ0v) is 18.5. The van der Waals surface area contributed by atoms with Crippen LogP contribution in [-0.2, 0) is 0 Å². The predicted molar refractivity (Wildman–Crippen MR) is 125 cm³/mol. The van der Waals surface area contributed by atoms with E-state index >= 15 is 0 Å². The van der Waals surface area contributed by atoms with Crippen LogP contribution < -0.4 is 5.32 Å². The van der Waals surface area contributed by atoms with E-state index < -0.39 is 0 Å². The molecule has 0 unspecified atom stereocenters. The number of nitrogens with one attached hydrogen (secondary N) is 1. The van der Waals surface area contributed by atoms with Crippen LogP contribution in [0.2, 0.25) is 0 Å². The van der Waals surface area contributed by atoms with Crippen molar-refractivity contribution >= 4 is 0 Å². The van der Waals surface area contributed by atoms with Crippen molar-refractivity contribution < 1.29 is 0 Å². The van der Waals surface area contributed by atoms with Gasteiger partial charge in [0.05, 0.1) is 0 Å². The average molecular weight is 382 g/mol. The summed E-state index contributed by atoms with van der Waals surface area (Å²) >= 11 is 0. The molecule has 28 heavy (non-hydrogen) atoms. The van der Waals surface area contributed by atoms with Crippen LogP contribution in [0.4, 0.5) is 0 Å². The van der Waals surface area contributed by atoms with E-state index in [0.717, 1.165) is 22.7 Å². The van der Waals surface area contributed by atoms with Crippen molar-refractivity contribution in [3.05, 3.63) is 84.6 Å². The van der Waals surface area contributed by atoms with Gasteiger partial charge >= 0.3 is 0 Å². The SMILES string of the molecule is C=C(/C=C\C(=C)N(C)C(=C\C)/C(/C=C\C)=C/C=C/N(C)C)NC1CCCCC1. The van der Waals surface area contributed by atoms with Gasteiger partial charge in [0.1, 0.15) is 0 Å². The lowest BCUT2D eigenvalue weighted by molar-refractivity contribution is 0.399. The summed E-state index contributed by atoms with van der Waals surface area (Å²) in [4.78, 5) is 4.13. The number of hydrogen-bond donors (Lipinski definition) is 1. The molecule has 0 spiro atoms. The molecule has 0 amide bonds. The second-order valence-electron chi connectivity index (χ2n) is 7.49. The molecule has 0 aromatic carbocycles. The Morgan fingerprint density at radius 3 is 2.21 bits per heavy atom. The molecule has 1 fully saturated rings. The lowest BCUT2D eigenvalue weighted by Gasteiger charge is -2.25. The molecule has 0 bridgehead atoms. The maximum atomic E-state index is 4.25. The Bertz CT molecular complexity index is 653. The van der Waals surface area contributed by atoms with Crippen LogP contribution in [-0.4, -0.2) is 37.0 Å². The first-order chi connectivity index (χ1) is 13.4. The second-order valence-corrected chi connectivity index (χ2v) is 7.49. The number of rotatable bonds is 10. The molecule has 0 aromatic rings. The fourth-order valence-electron chi connectivity index (χ4n) is 3.30. The van der Waals surface area contributed by atoms with Gasteiger partial charge in [-0.25, -0.2) is 0 Å². The number of allylic oxidation sites excluding steroid dienone is 7. The summed E-state index contributed by atoms with van der Waals surface area (Å²) in [6.07, 6.45) is 23.0. The highest BCUT2D eigenvalue weighted by atomic mass is 15.1. The van der Waals surface area contributed by atoms with Crippen LogP contribution in [0.25, 0.3) is 0 Å². The third-order valence-electron chi connectivity index (χ3n) is 4.84. The number of likely N-dealkylation sites (N-methyl/N-ethyl adjacent to an activating group) is 1. The topological polar surface area (TPSA) is 18.5 Å². The minimum absolute atomic E-state index is 0.565. The fraction of sp³-hybridized carbons (Fsp3) is 0.440. The largest absolute Gasteiger partial charge is 0.383 e. The Labute approximate surface area is 173 Å². The molecule has 0 heterocycles. The van der Waals surface area contributed by atoms with Gasteiger partial charge in [0.25, 0.3) is 0 Å². The van der Waals surface area contributed by atoms with Gasteiger partial charge in [-0.15, -0.1) is 0 Å². The van der Waals surface area contributed by atoms with Gasteiger partial charge in [-0.2, -0.15) is 0 Å². The van der Waals surface area contributed by atoms with Gasteiger partial charge in [0.15, 0.2) is 0 Å². The zero-order chi connectivity index (χ0) is 20.9. The smallest absolute Gasteiger partial charge is 0.0438 e. The van der Waals surface area contributed by atoms with Gasteiger partial charge in [0.2, 0.25) is 0 Å². The first kappa shape index (κ1) is 23.6. The van der Waals surface area contributed by atoms with E-state index in [1.807, 2.05) is 51.3 Å². The van der Waals surface area contributed by atoms with Gasteiger partial charge in [-0.3, -0.25) is 0 Å². The summed E-state index contributed by atoms with van der Waals surface area (Å²) in [5, 5.41) is 3.55. The standard InChI is InChI=1S/C25H39N3/c1-8-14-23(15-13-20-27(5)6)25(9-2)28(7)22(4)19-18-21(3)26-24-16-11-10-12-17-24/h8-9,13-15,18-20,24,26H,3-4,10-12,16-17H2,1-2,5-7H3/b14-8-,19-18-,20-13+,23-15+,25-9-. The predicted octanol–water partition coefficient (Wildman–Crippen LogP) is 5.91. The van der Waals surface area contributed by atoms with Crippen molar-refractivity contribution in [3.8, 4) is 0 Å². The van der Waals surface area contributed by atoms with Crippen LogP contribution in [0.15, 0.2) is 84.6 Å². The van der Waals surface area contributed by atoms with E-state index in [2.05, 4.69) is 60.7 Å². The summed E-state index contributed by atoms with van der Waals surface area (Å²) in [6.45, 7) is 12.5. The van der Waals surface area contributed by atoms with Crippen molar-refractivity contribution in [1.29, 1.82) is 0 Å². The maximum absolute atomic E-state index is 4.25. The summed E-state index contributed by atoms with van der Waals surface area (Å²) < 4.78 is 0. The zero-order valence-electron chi connectivity index (χ0n) is 18.5. The molecule has 1 rings (SSSR count). The van der Waals surface area contributed by atoms with Crippen LogP contribution >= 0.6 is 0 Å². The van der Waals surface area contributed by atoms with Crippen LogP contribution in [0.5, 0.6) is 0 Å². The highest BCUT2D eigenvalue weighted by Crippen LogP contribution is 2.21. The molecule has 1 saturated carbocycles. The Morgan fingerprint density at radius 2 is 1.64 bits per heavy atom.